The van der Waals surface area contributed by atoms with Gasteiger partial charge in [0, 0.05) is 0 Å². The summed E-state index contributed by atoms with van der Waals surface area (Å²) in [5.41, 5.74) is 1.39. The predicted molar refractivity (Wildman–Crippen MR) is 93.2 cm³/mol. The molecular weight excluding hydrogens is 322 g/mol. The number of rotatable bonds is 4. The number of anilines is 2. The SMILES string of the molecule is CCOC(=O)C1CCN(CC(=O)N2CC(=O)Nc3ccccc32)CC1. The number of hydrogen-bond acceptors (Lipinski definition) is 5. The molecule has 0 spiro atoms. The van der Waals surface area contributed by atoms with Crippen LogP contribution in [0.3, 0.4) is 0 Å². The lowest BCUT2D eigenvalue weighted by Gasteiger charge is -2.34. The van der Waals surface area contributed by atoms with Crippen molar-refractivity contribution in [3.8, 4) is 0 Å². The lowest BCUT2D eigenvalue weighted by Crippen LogP contribution is -2.48. The molecule has 1 aromatic carbocycles. The molecule has 3 rings (SSSR count). The van der Waals surface area contributed by atoms with E-state index in [1.807, 2.05) is 23.1 Å². The zero-order valence-electron chi connectivity index (χ0n) is 14.4. The molecule has 7 nitrogen and oxygen atoms in total. The molecule has 1 N–H and O–H groups in total. The van der Waals surface area contributed by atoms with E-state index in [1.165, 1.54) is 4.90 Å². The summed E-state index contributed by atoms with van der Waals surface area (Å²) < 4.78 is 5.07. The van der Waals surface area contributed by atoms with E-state index in [-0.39, 0.29) is 36.8 Å². The maximum atomic E-state index is 12.7. The second-order valence-electron chi connectivity index (χ2n) is 6.35. The number of para-hydroxylation sites is 2. The molecule has 1 saturated heterocycles. The molecule has 2 heterocycles. The third-order valence-electron chi connectivity index (χ3n) is 4.64. The van der Waals surface area contributed by atoms with E-state index < -0.39 is 0 Å². The first-order chi connectivity index (χ1) is 12.1. The van der Waals surface area contributed by atoms with Crippen LogP contribution in [0.1, 0.15) is 19.8 Å². The Morgan fingerprint density at radius 2 is 1.96 bits per heavy atom. The van der Waals surface area contributed by atoms with Crippen LogP contribution in [0.4, 0.5) is 11.4 Å². The van der Waals surface area contributed by atoms with Crippen molar-refractivity contribution in [3.63, 3.8) is 0 Å². The first-order valence-electron chi connectivity index (χ1n) is 8.66. The maximum absolute atomic E-state index is 12.7. The number of esters is 1. The van der Waals surface area contributed by atoms with Crippen molar-refractivity contribution < 1.29 is 19.1 Å². The van der Waals surface area contributed by atoms with Crippen molar-refractivity contribution >= 4 is 29.2 Å². The lowest BCUT2D eigenvalue weighted by molar-refractivity contribution is -0.149. The number of amides is 2. The lowest BCUT2D eigenvalue weighted by atomic mass is 9.97. The molecule has 134 valence electrons. The first kappa shape index (κ1) is 17.4. The first-order valence-corrected chi connectivity index (χ1v) is 8.66. The molecule has 0 radical (unpaired) electrons. The van der Waals surface area contributed by atoms with Crippen molar-refractivity contribution in [3.05, 3.63) is 24.3 Å². The number of carbonyl (C=O) groups is 3. The number of piperidine rings is 1. The highest BCUT2D eigenvalue weighted by Crippen LogP contribution is 2.29. The van der Waals surface area contributed by atoms with Gasteiger partial charge in [0.05, 0.1) is 30.4 Å². The highest BCUT2D eigenvalue weighted by atomic mass is 16.5. The number of hydrogen-bond donors (Lipinski definition) is 1. The summed E-state index contributed by atoms with van der Waals surface area (Å²) in [7, 11) is 0. The number of benzene rings is 1. The van der Waals surface area contributed by atoms with Gasteiger partial charge < -0.3 is 10.1 Å². The van der Waals surface area contributed by atoms with E-state index >= 15 is 0 Å². The molecule has 1 fully saturated rings. The molecule has 2 amide bonds. The predicted octanol–water partition coefficient (Wildman–Crippen LogP) is 1.25. The van der Waals surface area contributed by atoms with Gasteiger partial charge in [-0.3, -0.25) is 24.2 Å². The van der Waals surface area contributed by atoms with Crippen LogP contribution in [0.15, 0.2) is 24.3 Å². The Morgan fingerprint density at radius 1 is 1.24 bits per heavy atom. The van der Waals surface area contributed by atoms with E-state index in [4.69, 9.17) is 4.74 Å². The van der Waals surface area contributed by atoms with Gasteiger partial charge in [-0.1, -0.05) is 12.1 Å². The molecule has 0 bridgehead atoms. The van der Waals surface area contributed by atoms with Crippen LogP contribution in [0.5, 0.6) is 0 Å². The fraction of sp³-hybridized carbons (Fsp3) is 0.500. The Balaban J connectivity index is 1.59. The van der Waals surface area contributed by atoms with Crippen LogP contribution in [0, 0.1) is 5.92 Å². The van der Waals surface area contributed by atoms with Gasteiger partial charge in [0.15, 0.2) is 0 Å². The summed E-state index contributed by atoms with van der Waals surface area (Å²) in [4.78, 5) is 39.9. The normalized spacial score (nSPS) is 18.4. The number of carbonyl (C=O) groups excluding carboxylic acids is 3. The van der Waals surface area contributed by atoms with Crippen LogP contribution < -0.4 is 10.2 Å². The number of nitrogens with zero attached hydrogens (tertiary/aromatic N) is 2. The van der Waals surface area contributed by atoms with Gasteiger partial charge in [-0.2, -0.15) is 0 Å². The van der Waals surface area contributed by atoms with Crippen molar-refractivity contribution in [1.82, 2.24) is 4.90 Å². The van der Waals surface area contributed by atoms with Gasteiger partial charge in [0.1, 0.15) is 6.54 Å². The van der Waals surface area contributed by atoms with Gasteiger partial charge in [-0.25, -0.2) is 0 Å². The maximum Gasteiger partial charge on any atom is 0.309 e. The monoisotopic (exact) mass is 345 g/mol. The fourth-order valence-electron chi connectivity index (χ4n) is 3.32. The van der Waals surface area contributed by atoms with Crippen LogP contribution in [-0.4, -0.2) is 55.5 Å². The Bertz CT molecular complexity index is 668. The highest BCUT2D eigenvalue weighted by molar-refractivity contribution is 6.10. The van der Waals surface area contributed by atoms with Crippen molar-refractivity contribution in [1.29, 1.82) is 0 Å². The summed E-state index contributed by atoms with van der Waals surface area (Å²) in [6.45, 7) is 3.84. The molecule has 1 aromatic rings. The van der Waals surface area contributed by atoms with Crippen molar-refractivity contribution in [2.24, 2.45) is 5.92 Å². The zero-order chi connectivity index (χ0) is 17.8. The molecule has 0 aromatic heterocycles. The molecule has 2 aliphatic rings. The van der Waals surface area contributed by atoms with Crippen molar-refractivity contribution in [2.75, 3.05) is 43.0 Å². The topological polar surface area (TPSA) is 79.0 Å². The second kappa shape index (κ2) is 7.65. The number of likely N-dealkylation sites (tertiary alicyclic amines) is 1. The smallest absolute Gasteiger partial charge is 0.309 e. The van der Waals surface area contributed by atoms with Crippen LogP contribution in [0.25, 0.3) is 0 Å². The van der Waals surface area contributed by atoms with Gasteiger partial charge in [-0.05, 0) is 45.0 Å². The quantitative estimate of drug-likeness (QED) is 0.831. The van der Waals surface area contributed by atoms with E-state index in [9.17, 15) is 14.4 Å². The average molecular weight is 345 g/mol. The minimum absolute atomic E-state index is 0.0368. The Kier molecular flexibility index (Phi) is 5.33. The van der Waals surface area contributed by atoms with Gasteiger partial charge >= 0.3 is 5.97 Å². The van der Waals surface area contributed by atoms with Gasteiger partial charge in [0.2, 0.25) is 11.8 Å². The zero-order valence-corrected chi connectivity index (χ0v) is 14.4. The molecule has 7 heteroatoms. The number of nitrogens with one attached hydrogen (secondary N) is 1. The Labute approximate surface area is 146 Å². The van der Waals surface area contributed by atoms with Crippen molar-refractivity contribution in [2.45, 2.75) is 19.8 Å². The molecule has 0 atom stereocenters. The summed E-state index contributed by atoms with van der Waals surface area (Å²) in [5.74, 6) is -0.507. The Morgan fingerprint density at radius 3 is 2.68 bits per heavy atom. The summed E-state index contributed by atoms with van der Waals surface area (Å²) in [6, 6.07) is 7.30. The third-order valence-corrected chi connectivity index (χ3v) is 4.64. The highest BCUT2D eigenvalue weighted by Gasteiger charge is 2.30. The largest absolute Gasteiger partial charge is 0.466 e. The van der Waals surface area contributed by atoms with Crippen LogP contribution >= 0.6 is 0 Å². The third kappa shape index (κ3) is 3.99. The van der Waals surface area contributed by atoms with Gasteiger partial charge in [-0.15, -0.1) is 0 Å². The Hall–Kier alpha value is -2.41. The summed E-state index contributed by atoms with van der Waals surface area (Å²) >= 11 is 0. The standard InChI is InChI=1S/C18H23N3O4/c1-2-25-18(24)13-7-9-20(10-8-13)12-17(23)21-11-16(22)19-14-5-3-4-6-15(14)21/h3-6,13H,2,7-12H2,1H3,(H,19,22). The number of ether oxygens (including phenoxy) is 1. The molecular formula is C18H23N3O4. The summed E-state index contributed by atoms with van der Waals surface area (Å²) in [6.07, 6.45) is 1.40. The molecule has 0 saturated carbocycles. The van der Waals surface area contributed by atoms with E-state index in [0.29, 0.717) is 38.2 Å². The molecule has 0 aliphatic carbocycles. The van der Waals surface area contributed by atoms with E-state index in [2.05, 4.69) is 5.32 Å². The molecule has 25 heavy (non-hydrogen) atoms. The second-order valence-corrected chi connectivity index (χ2v) is 6.35. The van der Waals surface area contributed by atoms with E-state index in [1.54, 1.807) is 13.0 Å². The fourth-order valence-corrected chi connectivity index (χ4v) is 3.32. The minimum Gasteiger partial charge on any atom is -0.466 e. The van der Waals surface area contributed by atoms with Crippen LogP contribution in [-0.2, 0) is 19.1 Å². The minimum atomic E-state index is -0.187. The van der Waals surface area contributed by atoms with E-state index in [0.717, 1.165) is 5.69 Å². The average Bonchev–Trinajstić information content (AvgIpc) is 2.61. The number of fused-ring (bicyclic) bond motifs is 1. The molecule has 2 aliphatic heterocycles. The van der Waals surface area contributed by atoms with Crippen LogP contribution in [0.2, 0.25) is 0 Å². The molecule has 0 unspecified atom stereocenters. The van der Waals surface area contributed by atoms with Gasteiger partial charge in [0.25, 0.3) is 0 Å². The summed E-state index contributed by atoms with van der Waals surface area (Å²) in [5, 5.41) is 2.78.